The molecular formula is C15H27BrN4O. The van der Waals surface area contributed by atoms with Gasteiger partial charge in [0.05, 0.1) is 10.7 Å². The summed E-state index contributed by atoms with van der Waals surface area (Å²) < 4.78 is 6.59. The fourth-order valence-corrected chi connectivity index (χ4v) is 2.44. The highest BCUT2D eigenvalue weighted by atomic mass is 79.9. The number of nitrogens with one attached hydrogen (secondary N) is 1. The lowest BCUT2D eigenvalue weighted by atomic mass is 10.2. The van der Waals surface area contributed by atoms with E-state index >= 15 is 0 Å². The van der Waals surface area contributed by atoms with E-state index in [4.69, 9.17) is 4.74 Å². The molecule has 0 spiro atoms. The Bertz CT molecular complexity index is 418. The van der Waals surface area contributed by atoms with Gasteiger partial charge in [0.25, 0.3) is 0 Å². The lowest BCUT2D eigenvalue weighted by Crippen LogP contribution is -2.39. The first kappa shape index (κ1) is 18.2. The molecule has 1 aromatic rings. The van der Waals surface area contributed by atoms with Crippen LogP contribution in [0.4, 0.5) is 5.95 Å². The molecule has 0 fully saturated rings. The number of aromatic nitrogens is 2. The van der Waals surface area contributed by atoms with Crippen molar-refractivity contribution < 1.29 is 4.74 Å². The molecule has 0 unspecified atom stereocenters. The van der Waals surface area contributed by atoms with Crippen molar-refractivity contribution in [1.82, 2.24) is 14.9 Å². The third kappa shape index (κ3) is 6.18. The number of nitrogens with zero attached hydrogens (tertiary/aromatic N) is 3. The van der Waals surface area contributed by atoms with Gasteiger partial charge in [0, 0.05) is 25.2 Å². The fraction of sp³-hybridized carbons (Fsp3) is 0.733. The van der Waals surface area contributed by atoms with Crippen molar-refractivity contribution in [1.29, 1.82) is 0 Å². The molecule has 1 aromatic heterocycles. The van der Waals surface area contributed by atoms with Crippen molar-refractivity contribution in [2.75, 3.05) is 25.0 Å². The Balaban J connectivity index is 2.57. The third-order valence-electron chi connectivity index (χ3n) is 3.16. The molecule has 0 aliphatic rings. The van der Waals surface area contributed by atoms with Crippen molar-refractivity contribution in [3.8, 4) is 5.88 Å². The maximum Gasteiger partial charge on any atom is 0.232 e. The Kier molecular flexibility index (Phi) is 7.96. The van der Waals surface area contributed by atoms with Gasteiger partial charge >= 0.3 is 0 Å². The van der Waals surface area contributed by atoms with E-state index in [9.17, 15) is 0 Å². The molecule has 0 aliphatic heterocycles. The van der Waals surface area contributed by atoms with Crippen LogP contribution in [0.3, 0.4) is 0 Å². The summed E-state index contributed by atoms with van der Waals surface area (Å²) in [5.74, 6) is 1.20. The molecule has 0 bridgehead atoms. The molecule has 21 heavy (non-hydrogen) atoms. The average molecular weight is 359 g/mol. The summed E-state index contributed by atoms with van der Waals surface area (Å²) in [6.45, 7) is 13.3. The number of rotatable bonds is 9. The molecule has 0 aliphatic carbocycles. The maximum absolute atomic E-state index is 5.81. The van der Waals surface area contributed by atoms with Crippen LogP contribution >= 0.6 is 15.9 Å². The fourth-order valence-electron chi connectivity index (χ4n) is 2.14. The van der Waals surface area contributed by atoms with Crippen molar-refractivity contribution in [2.45, 2.75) is 53.1 Å². The Morgan fingerprint density at radius 2 is 1.95 bits per heavy atom. The molecule has 0 amide bonds. The van der Waals surface area contributed by atoms with Gasteiger partial charge in [-0.05, 0) is 50.0 Å². The van der Waals surface area contributed by atoms with E-state index < -0.39 is 0 Å². The normalized spacial score (nSPS) is 11.5. The average Bonchev–Trinajstić information content (AvgIpc) is 2.42. The highest BCUT2D eigenvalue weighted by Crippen LogP contribution is 2.22. The third-order valence-corrected chi connectivity index (χ3v) is 3.70. The molecule has 120 valence electrons. The lowest BCUT2D eigenvalue weighted by molar-refractivity contribution is 0.140. The van der Waals surface area contributed by atoms with Crippen LogP contribution in [0.1, 0.15) is 41.0 Å². The van der Waals surface area contributed by atoms with E-state index in [1.165, 1.54) is 0 Å². The van der Waals surface area contributed by atoms with Crippen LogP contribution in [0, 0.1) is 0 Å². The molecule has 0 aromatic carbocycles. The second kappa shape index (κ2) is 9.20. The highest BCUT2D eigenvalue weighted by Gasteiger charge is 2.14. The number of hydrogen-bond donors (Lipinski definition) is 1. The minimum absolute atomic E-state index is 0.504. The van der Waals surface area contributed by atoms with Crippen LogP contribution in [0.5, 0.6) is 5.88 Å². The summed E-state index contributed by atoms with van der Waals surface area (Å²) in [6.07, 6.45) is 2.76. The summed E-state index contributed by atoms with van der Waals surface area (Å²) in [5.41, 5.74) is 0. The Labute approximate surface area is 136 Å². The van der Waals surface area contributed by atoms with Crippen LogP contribution in [-0.4, -0.2) is 46.6 Å². The van der Waals surface area contributed by atoms with Crippen LogP contribution < -0.4 is 10.1 Å². The van der Waals surface area contributed by atoms with Gasteiger partial charge in [-0.1, -0.05) is 6.92 Å². The minimum Gasteiger partial charge on any atom is -0.475 e. The second-order valence-electron chi connectivity index (χ2n) is 5.55. The maximum atomic E-state index is 5.81. The van der Waals surface area contributed by atoms with Gasteiger partial charge in [0.15, 0.2) is 0 Å². The van der Waals surface area contributed by atoms with E-state index in [0.717, 1.165) is 24.0 Å². The predicted molar refractivity (Wildman–Crippen MR) is 91.0 cm³/mol. The topological polar surface area (TPSA) is 50.3 Å². The summed E-state index contributed by atoms with van der Waals surface area (Å²) >= 11 is 3.43. The molecular weight excluding hydrogens is 332 g/mol. The molecule has 0 saturated carbocycles. The predicted octanol–water partition coefficient (Wildman–Crippen LogP) is 3.56. The van der Waals surface area contributed by atoms with E-state index in [0.29, 0.717) is 30.5 Å². The Hall–Kier alpha value is -0.880. The smallest absolute Gasteiger partial charge is 0.232 e. The van der Waals surface area contributed by atoms with E-state index in [-0.39, 0.29) is 0 Å². The van der Waals surface area contributed by atoms with E-state index in [2.05, 4.69) is 70.7 Å². The van der Waals surface area contributed by atoms with Crippen LogP contribution in [0.2, 0.25) is 0 Å². The Morgan fingerprint density at radius 1 is 1.29 bits per heavy atom. The lowest BCUT2D eigenvalue weighted by Gasteiger charge is -2.30. The number of hydrogen-bond acceptors (Lipinski definition) is 5. The standard InChI is InChI=1S/C15H27BrN4O/c1-6-7-17-15-18-10-13(16)14(19-15)21-9-8-20(11(2)3)12(4)5/h10-12H,6-9H2,1-5H3,(H,17,18,19). The van der Waals surface area contributed by atoms with Gasteiger partial charge in [-0.15, -0.1) is 0 Å². The zero-order valence-corrected chi connectivity index (χ0v) is 15.3. The quantitative estimate of drug-likeness (QED) is 0.731. The molecule has 6 heteroatoms. The van der Waals surface area contributed by atoms with Gasteiger partial charge in [-0.2, -0.15) is 4.98 Å². The van der Waals surface area contributed by atoms with Crippen LogP contribution in [0.25, 0.3) is 0 Å². The van der Waals surface area contributed by atoms with Crippen molar-refractivity contribution in [2.24, 2.45) is 0 Å². The summed E-state index contributed by atoms with van der Waals surface area (Å²) in [4.78, 5) is 11.0. The largest absolute Gasteiger partial charge is 0.475 e. The molecule has 1 heterocycles. The number of ether oxygens (including phenoxy) is 1. The first-order valence-electron chi connectivity index (χ1n) is 7.60. The van der Waals surface area contributed by atoms with Gasteiger partial charge in [-0.3, -0.25) is 4.90 Å². The zero-order valence-electron chi connectivity index (χ0n) is 13.7. The first-order chi connectivity index (χ1) is 9.95. The number of halogens is 1. The monoisotopic (exact) mass is 358 g/mol. The van der Waals surface area contributed by atoms with Gasteiger partial charge < -0.3 is 10.1 Å². The number of anilines is 1. The molecule has 1 rings (SSSR count). The highest BCUT2D eigenvalue weighted by molar-refractivity contribution is 9.10. The van der Waals surface area contributed by atoms with Gasteiger partial charge in [-0.25, -0.2) is 4.98 Å². The second-order valence-corrected chi connectivity index (χ2v) is 6.40. The van der Waals surface area contributed by atoms with E-state index in [1.54, 1.807) is 6.20 Å². The van der Waals surface area contributed by atoms with Crippen molar-refractivity contribution in [3.05, 3.63) is 10.7 Å². The SMILES string of the molecule is CCCNc1ncc(Br)c(OCCN(C(C)C)C(C)C)n1. The van der Waals surface area contributed by atoms with Crippen LogP contribution in [-0.2, 0) is 0 Å². The van der Waals surface area contributed by atoms with Crippen LogP contribution in [0.15, 0.2) is 10.7 Å². The van der Waals surface area contributed by atoms with Crippen molar-refractivity contribution >= 4 is 21.9 Å². The summed E-state index contributed by atoms with van der Waals surface area (Å²) in [6, 6.07) is 1.01. The van der Waals surface area contributed by atoms with Crippen molar-refractivity contribution in [3.63, 3.8) is 0 Å². The summed E-state index contributed by atoms with van der Waals surface area (Å²) in [5, 5.41) is 3.16. The molecule has 5 nitrogen and oxygen atoms in total. The molecule has 0 radical (unpaired) electrons. The zero-order chi connectivity index (χ0) is 15.8. The summed E-state index contributed by atoms with van der Waals surface area (Å²) in [7, 11) is 0. The minimum atomic E-state index is 0.504. The van der Waals surface area contributed by atoms with Gasteiger partial charge in [0.2, 0.25) is 11.8 Å². The van der Waals surface area contributed by atoms with E-state index in [1.807, 2.05) is 0 Å². The first-order valence-corrected chi connectivity index (χ1v) is 8.40. The molecule has 1 N–H and O–H groups in total. The molecule has 0 saturated heterocycles. The van der Waals surface area contributed by atoms with Gasteiger partial charge in [0.1, 0.15) is 6.61 Å². The Morgan fingerprint density at radius 3 is 2.52 bits per heavy atom. The molecule has 0 atom stereocenters.